The Labute approximate surface area is 126 Å². The molecule has 1 rings (SSSR count). The summed E-state index contributed by atoms with van der Waals surface area (Å²) < 4.78 is 10.1. The number of hydrogen-bond acceptors (Lipinski definition) is 5. The van der Waals surface area contributed by atoms with Crippen LogP contribution in [0.15, 0.2) is 24.3 Å². The molecule has 0 saturated carbocycles. The van der Waals surface area contributed by atoms with Gasteiger partial charge in [0.05, 0.1) is 26.2 Å². The number of esters is 1. The highest BCUT2D eigenvalue weighted by atomic mass is 16.5. The normalized spacial score (nSPS) is 11.8. The Morgan fingerprint density at radius 2 is 2.19 bits per heavy atom. The summed E-state index contributed by atoms with van der Waals surface area (Å²) in [5.41, 5.74) is 0.863. The summed E-state index contributed by atoms with van der Waals surface area (Å²) in [5.74, 6) is 0.479. The highest BCUT2D eigenvalue weighted by molar-refractivity contribution is 5.69. The van der Waals surface area contributed by atoms with Crippen molar-refractivity contribution in [2.45, 2.75) is 26.3 Å². The molecule has 1 aromatic carbocycles. The molecular weight excluding hydrogens is 268 g/mol. The monoisotopic (exact) mass is 290 g/mol. The maximum atomic E-state index is 11.5. The van der Waals surface area contributed by atoms with Crippen LogP contribution in [0.25, 0.3) is 0 Å². The standard InChI is InChI=1S/C16H22N2O3/c1-4-18(10-9-16(19)21-5-2)15(12-17)13-7-6-8-14(11-13)20-3/h6-8,11,15H,4-5,9-10H2,1-3H3. The average molecular weight is 290 g/mol. The molecule has 0 bridgehead atoms. The number of rotatable bonds is 8. The molecule has 0 fully saturated rings. The predicted octanol–water partition coefficient (Wildman–Crippen LogP) is 2.53. The Balaban J connectivity index is 2.79. The quantitative estimate of drug-likeness (QED) is 0.688. The molecule has 0 aromatic heterocycles. The maximum Gasteiger partial charge on any atom is 0.307 e. The van der Waals surface area contributed by atoms with Crippen molar-refractivity contribution in [2.24, 2.45) is 0 Å². The number of benzene rings is 1. The number of carbonyl (C=O) groups excluding carboxylic acids is 1. The second kappa shape index (κ2) is 8.98. The highest BCUT2D eigenvalue weighted by Crippen LogP contribution is 2.23. The zero-order valence-corrected chi connectivity index (χ0v) is 12.8. The molecule has 114 valence electrons. The largest absolute Gasteiger partial charge is 0.497 e. The van der Waals surface area contributed by atoms with Gasteiger partial charge in [-0.3, -0.25) is 9.69 Å². The third-order valence-corrected chi connectivity index (χ3v) is 3.21. The number of nitriles is 1. The summed E-state index contributed by atoms with van der Waals surface area (Å²) in [6, 6.07) is 9.33. The number of methoxy groups -OCH3 is 1. The van der Waals surface area contributed by atoms with Crippen LogP contribution < -0.4 is 4.74 Å². The van der Waals surface area contributed by atoms with Crippen LogP contribution in [0, 0.1) is 11.3 Å². The molecule has 0 N–H and O–H groups in total. The van der Waals surface area contributed by atoms with Crippen molar-refractivity contribution in [2.75, 3.05) is 26.8 Å². The lowest BCUT2D eigenvalue weighted by Gasteiger charge is -2.25. The van der Waals surface area contributed by atoms with E-state index in [0.717, 1.165) is 5.56 Å². The van der Waals surface area contributed by atoms with Gasteiger partial charge in [-0.15, -0.1) is 0 Å². The van der Waals surface area contributed by atoms with E-state index in [-0.39, 0.29) is 12.4 Å². The summed E-state index contributed by atoms with van der Waals surface area (Å²) in [5, 5.41) is 9.46. The van der Waals surface area contributed by atoms with E-state index in [1.807, 2.05) is 36.1 Å². The van der Waals surface area contributed by atoms with E-state index in [9.17, 15) is 10.1 Å². The van der Waals surface area contributed by atoms with Crippen LogP contribution in [0.3, 0.4) is 0 Å². The first kappa shape index (κ1) is 17.0. The van der Waals surface area contributed by atoms with Crippen molar-refractivity contribution in [3.8, 4) is 11.8 Å². The van der Waals surface area contributed by atoms with Crippen LogP contribution in [0.5, 0.6) is 5.75 Å². The molecular formula is C16H22N2O3. The third-order valence-electron chi connectivity index (χ3n) is 3.21. The van der Waals surface area contributed by atoms with Crippen molar-refractivity contribution >= 4 is 5.97 Å². The van der Waals surface area contributed by atoms with E-state index >= 15 is 0 Å². The second-order valence-corrected chi connectivity index (χ2v) is 4.49. The Morgan fingerprint density at radius 3 is 2.76 bits per heavy atom. The van der Waals surface area contributed by atoms with Gasteiger partial charge in [-0.05, 0) is 31.2 Å². The molecule has 0 aliphatic heterocycles. The Morgan fingerprint density at radius 1 is 1.43 bits per heavy atom. The number of nitrogens with zero attached hydrogens (tertiary/aromatic N) is 2. The van der Waals surface area contributed by atoms with Gasteiger partial charge >= 0.3 is 5.97 Å². The van der Waals surface area contributed by atoms with Crippen molar-refractivity contribution in [1.82, 2.24) is 4.90 Å². The molecule has 1 aromatic rings. The zero-order chi connectivity index (χ0) is 15.7. The summed E-state index contributed by atoms with van der Waals surface area (Å²) in [7, 11) is 1.60. The summed E-state index contributed by atoms with van der Waals surface area (Å²) in [6.45, 7) is 5.29. The maximum absolute atomic E-state index is 11.5. The SMILES string of the molecule is CCOC(=O)CCN(CC)C(C#N)c1cccc(OC)c1. The molecule has 5 nitrogen and oxygen atoms in total. The van der Waals surface area contributed by atoms with E-state index in [0.29, 0.717) is 25.4 Å². The van der Waals surface area contributed by atoms with E-state index in [1.54, 1.807) is 14.0 Å². The number of hydrogen-bond donors (Lipinski definition) is 0. The van der Waals surface area contributed by atoms with Crippen molar-refractivity contribution in [1.29, 1.82) is 5.26 Å². The molecule has 5 heteroatoms. The van der Waals surface area contributed by atoms with Gasteiger partial charge < -0.3 is 9.47 Å². The van der Waals surface area contributed by atoms with Gasteiger partial charge in [-0.1, -0.05) is 19.1 Å². The molecule has 0 spiro atoms. The molecule has 0 radical (unpaired) electrons. The van der Waals surface area contributed by atoms with E-state index in [4.69, 9.17) is 9.47 Å². The minimum absolute atomic E-state index is 0.238. The average Bonchev–Trinajstić information content (AvgIpc) is 2.51. The summed E-state index contributed by atoms with van der Waals surface area (Å²) >= 11 is 0. The van der Waals surface area contributed by atoms with E-state index < -0.39 is 6.04 Å². The molecule has 1 unspecified atom stereocenters. The van der Waals surface area contributed by atoms with Crippen LogP contribution in [-0.4, -0.2) is 37.7 Å². The Kier molecular flexibility index (Phi) is 7.27. The van der Waals surface area contributed by atoms with Crippen molar-refractivity contribution < 1.29 is 14.3 Å². The van der Waals surface area contributed by atoms with Crippen LogP contribution in [0.2, 0.25) is 0 Å². The number of carbonyl (C=O) groups is 1. The van der Waals surface area contributed by atoms with Crippen LogP contribution in [-0.2, 0) is 9.53 Å². The van der Waals surface area contributed by atoms with Crippen LogP contribution in [0.4, 0.5) is 0 Å². The lowest BCUT2D eigenvalue weighted by Crippen LogP contribution is -2.30. The summed E-state index contributed by atoms with van der Waals surface area (Å²) in [6.07, 6.45) is 0.282. The van der Waals surface area contributed by atoms with Crippen LogP contribution in [0.1, 0.15) is 31.9 Å². The molecule has 0 saturated heterocycles. The molecule has 0 heterocycles. The van der Waals surface area contributed by atoms with Crippen molar-refractivity contribution in [3.63, 3.8) is 0 Å². The lowest BCUT2D eigenvalue weighted by atomic mass is 10.1. The minimum atomic E-state index is -0.403. The van der Waals surface area contributed by atoms with Gasteiger partial charge in [0.1, 0.15) is 11.8 Å². The van der Waals surface area contributed by atoms with Gasteiger partial charge in [0.2, 0.25) is 0 Å². The van der Waals surface area contributed by atoms with E-state index in [1.165, 1.54) is 0 Å². The van der Waals surface area contributed by atoms with Gasteiger partial charge in [0.15, 0.2) is 0 Å². The van der Waals surface area contributed by atoms with Gasteiger partial charge in [0, 0.05) is 6.54 Å². The topological polar surface area (TPSA) is 62.6 Å². The fourth-order valence-corrected chi connectivity index (χ4v) is 2.12. The first-order valence-electron chi connectivity index (χ1n) is 7.09. The van der Waals surface area contributed by atoms with Gasteiger partial charge in [0.25, 0.3) is 0 Å². The molecule has 0 aliphatic carbocycles. The Hall–Kier alpha value is -2.06. The lowest BCUT2D eigenvalue weighted by molar-refractivity contribution is -0.143. The van der Waals surface area contributed by atoms with Gasteiger partial charge in [-0.25, -0.2) is 0 Å². The fraction of sp³-hybridized carbons (Fsp3) is 0.500. The minimum Gasteiger partial charge on any atom is -0.497 e. The Bertz CT molecular complexity index is 497. The third kappa shape index (κ3) is 5.09. The first-order chi connectivity index (χ1) is 10.2. The van der Waals surface area contributed by atoms with E-state index in [2.05, 4.69) is 6.07 Å². The van der Waals surface area contributed by atoms with Crippen LogP contribution >= 0.6 is 0 Å². The molecule has 0 aliphatic rings. The summed E-state index contributed by atoms with van der Waals surface area (Å²) in [4.78, 5) is 13.4. The molecule has 0 amide bonds. The molecule has 21 heavy (non-hydrogen) atoms. The first-order valence-corrected chi connectivity index (χ1v) is 7.09. The molecule has 1 atom stereocenters. The second-order valence-electron chi connectivity index (χ2n) is 4.49. The highest BCUT2D eigenvalue weighted by Gasteiger charge is 2.20. The number of ether oxygens (including phenoxy) is 2. The fourth-order valence-electron chi connectivity index (χ4n) is 2.12. The predicted molar refractivity (Wildman–Crippen MR) is 79.8 cm³/mol. The van der Waals surface area contributed by atoms with Crippen molar-refractivity contribution in [3.05, 3.63) is 29.8 Å². The smallest absolute Gasteiger partial charge is 0.307 e. The van der Waals surface area contributed by atoms with Gasteiger partial charge in [-0.2, -0.15) is 5.26 Å². The zero-order valence-electron chi connectivity index (χ0n) is 12.8.